The highest BCUT2D eigenvalue weighted by Gasteiger charge is 2.11. The van der Waals surface area contributed by atoms with E-state index >= 15 is 0 Å². The summed E-state index contributed by atoms with van der Waals surface area (Å²) in [6, 6.07) is 4.13. The lowest BCUT2D eigenvalue weighted by atomic mass is 10.3. The Hall–Kier alpha value is -1.95. The van der Waals surface area contributed by atoms with Crippen LogP contribution in [-0.4, -0.2) is 24.3 Å². The molecule has 0 aromatic carbocycles. The molecule has 3 rings (SSSR count). The first-order chi connectivity index (χ1) is 8.75. The molecule has 0 aliphatic heterocycles. The van der Waals surface area contributed by atoms with Gasteiger partial charge in [-0.25, -0.2) is 0 Å². The SMILES string of the molecule is CC(Cn1cccn1)n1c(=S)[nH]c2cnccc21. The highest BCUT2D eigenvalue weighted by Crippen LogP contribution is 2.19. The maximum absolute atomic E-state index is 5.37. The van der Waals surface area contributed by atoms with E-state index in [1.165, 1.54) is 0 Å². The number of nitrogens with zero attached hydrogens (tertiary/aromatic N) is 4. The van der Waals surface area contributed by atoms with Gasteiger partial charge in [-0.05, 0) is 31.3 Å². The fraction of sp³-hybridized carbons (Fsp3) is 0.250. The molecule has 0 saturated heterocycles. The van der Waals surface area contributed by atoms with E-state index in [1.54, 1.807) is 18.6 Å². The van der Waals surface area contributed by atoms with Gasteiger partial charge in [-0.2, -0.15) is 5.10 Å². The van der Waals surface area contributed by atoms with E-state index in [-0.39, 0.29) is 6.04 Å². The van der Waals surface area contributed by atoms with Crippen LogP contribution in [0.25, 0.3) is 11.0 Å². The van der Waals surface area contributed by atoms with Crippen molar-refractivity contribution in [2.75, 3.05) is 0 Å². The summed E-state index contributed by atoms with van der Waals surface area (Å²) in [7, 11) is 0. The van der Waals surface area contributed by atoms with Crippen molar-refractivity contribution in [1.29, 1.82) is 0 Å². The number of imidazole rings is 1. The van der Waals surface area contributed by atoms with E-state index in [4.69, 9.17) is 12.2 Å². The lowest BCUT2D eigenvalue weighted by molar-refractivity contribution is 0.442. The molecule has 1 N–H and O–H groups in total. The van der Waals surface area contributed by atoms with Crippen molar-refractivity contribution >= 4 is 23.3 Å². The van der Waals surface area contributed by atoms with Crippen molar-refractivity contribution in [1.82, 2.24) is 24.3 Å². The van der Waals surface area contributed by atoms with Gasteiger partial charge in [0.2, 0.25) is 0 Å². The molecular weight excluding hydrogens is 246 g/mol. The quantitative estimate of drug-likeness (QED) is 0.735. The summed E-state index contributed by atoms with van der Waals surface area (Å²) in [5.74, 6) is 0. The Morgan fingerprint density at radius 1 is 1.44 bits per heavy atom. The third-order valence-electron chi connectivity index (χ3n) is 2.97. The van der Waals surface area contributed by atoms with E-state index in [0.29, 0.717) is 0 Å². The standard InChI is InChI=1S/C12H13N5S/c1-9(8-16-6-2-4-14-16)17-11-3-5-13-7-10(11)15-12(17)18/h2-7,9H,8H2,1H3,(H,15,18). The maximum atomic E-state index is 5.37. The predicted molar refractivity (Wildman–Crippen MR) is 71.9 cm³/mol. The number of aromatic nitrogens is 5. The summed E-state index contributed by atoms with van der Waals surface area (Å²) < 4.78 is 4.73. The minimum atomic E-state index is 0.230. The summed E-state index contributed by atoms with van der Waals surface area (Å²) in [6.45, 7) is 2.92. The minimum Gasteiger partial charge on any atom is -0.329 e. The molecule has 5 nitrogen and oxygen atoms in total. The van der Waals surface area contributed by atoms with Gasteiger partial charge < -0.3 is 9.55 Å². The lowest BCUT2D eigenvalue weighted by Crippen LogP contribution is -2.13. The molecule has 6 heteroatoms. The number of aromatic amines is 1. The Morgan fingerprint density at radius 2 is 2.33 bits per heavy atom. The molecule has 1 atom stereocenters. The Morgan fingerprint density at radius 3 is 3.11 bits per heavy atom. The van der Waals surface area contributed by atoms with Crippen molar-refractivity contribution in [3.63, 3.8) is 0 Å². The Bertz CT molecular complexity index is 709. The zero-order chi connectivity index (χ0) is 12.5. The van der Waals surface area contributed by atoms with Crippen LogP contribution in [0.1, 0.15) is 13.0 Å². The van der Waals surface area contributed by atoms with E-state index in [0.717, 1.165) is 22.3 Å². The Kier molecular flexibility index (Phi) is 2.71. The molecule has 0 fully saturated rings. The second-order valence-electron chi connectivity index (χ2n) is 4.27. The lowest BCUT2D eigenvalue weighted by Gasteiger charge is -2.14. The van der Waals surface area contributed by atoms with Crippen molar-refractivity contribution in [2.45, 2.75) is 19.5 Å². The number of hydrogen-bond donors (Lipinski definition) is 1. The van der Waals surface area contributed by atoms with Crippen LogP contribution in [0.3, 0.4) is 0 Å². The van der Waals surface area contributed by atoms with E-state index in [9.17, 15) is 0 Å². The van der Waals surface area contributed by atoms with Gasteiger partial charge in [0.25, 0.3) is 0 Å². The van der Waals surface area contributed by atoms with Gasteiger partial charge in [0.1, 0.15) is 0 Å². The first-order valence-electron chi connectivity index (χ1n) is 5.77. The molecule has 0 amide bonds. The number of H-pyrrole nitrogens is 1. The molecular formula is C12H13N5S. The fourth-order valence-electron chi connectivity index (χ4n) is 2.18. The summed E-state index contributed by atoms with van der Waals surface area (Å²) in [4.78, 5) is 7.27. The molecule has 0 bridgehead atoms. The first-order valence-corrected chi connectivity index (χ1v) is 6.18. The second-order valence-corrected chi connectivity index (χ2v) is 4.66. The third-order valence-corrected chi connectivity index (χ3v) is 3.27. The molecule has 3 aromatic heterocycles. The fourth-order valence-corrected chi connectivity index (χ4v) is 2.56. The number of rotatable bonds is 3. The van der Waals surface area contributed by atoms with Crippen LogP contribution in [-0.2, 0) is 6.54 Å². The normalized spacial score (nSPS) is 12.9. The van der Waals surface area contributed by atoms with Gasteiger partial charge in [-0.3, -0.25) is 9.67 Å². The molecule has 3 aromatic rings. The number of hydrogen-bond acceptors (Lipinski definition) is 3. The van der Waals surface area contributed by atoms with Gasteiger partial charge in [0, 0.05) is 18.6 Å². The van der Waals surface area contributed by atoms with E-state index in [1.807, 2.05) is 23.0 Å². The molecule has 1 unspecified atom stereocenters. The van der Waals surface area contributed by atoms with E-state index < -0.39 is 0 Å². The van der Waals surface area contributed by atoms with Crippen LogP contribution in [0.4, 0.5) is 0 Å². The molecule has 0 saturated carbocycles. The van der Waals surface area contributed by atoms with Crippen LogP contribution >= 0.6 is 12.2 Å². The van der Waals surface area contributed by atoms with Crippen LogP contribution < -0.4 is 0 Å². The second kappa shape index (κ2) is 4.38. The van der Waals surface area contributed by atoms with Crippen LogP contribution in [0.5, 0.6) is 0 Å². The van der Waals surface area contributed by atoms with Crippen molar-refractivity contribution < 1.29 is 0 Å². The van der Waals surface area contributed by atoms with Gasteiger partial charge >= 0.3 is 0 Å². The van der Waals surface area contributed by atoms with Crippen molar-refractivity contribution in [3.8, 4) is 0 Å². The summed E-state index contributed by atoms with van der Waals surface area (Å²) >= 11 is 5.37. The number of pyridine rings is 1. The summed E-state index contributed by atoms with van der Waals surface area (Å²) in [5.41, 5.74) is 2.05. The van der Waals surface area contributed by atoms with Gasteiger partial charge in [0.05, 0.1) is 29.8 Å². The molecule has 0 radical (unpaired) electrons. The monoisotopic (exact) mass is 259 g/mol. The molecule has 18 heavy (non-hydrogen) atoms. The third kappa shape index (κ3) is 1.84. The largest absolute Gasteiger partial charge is 0.329 e. The van der Waals surface area contributed by atoms with Crippen molar-refractivity contribution in [2.24, 2.45) is 0 Å². The van der Waals surface area contributed by atoms with Crippen molar-refractivity contribution in [3.05, 3.63) is 41.7 Å². The van der Waals surface area contributed by atoms with Gasteiger partial charge in [-0.15, -0.1) is 0 Å². The number of nitrogens with one attached hydrogen (secondary N) is 1. The molecule has 3 heterocycles. The smallest absolute Gasteiger partial charge is 0.178 e. The maximum Gasteiger partial charge on any atom is 0.178 e. The van der Waals surface area contributed by atoms with Gasteiger partial charge in [-0.1, -0.05) is 0 Å². The summed E-state index contributed by atoms with van der Waals surface area (Å²) in [6.07, 6.45) is 7.31. The summed E-state index contributed by atoms with van der Waals surface area (Å²) in [5, 5.41) is 4.22. The predicted octanol–water partition coefficient (Wildman–Crippen LogP) is 2.55. The highest BCUT2D eigenvalue weighted by molar-refractivity contribution is 7.71. The molecule has 0 aliphatic carbocycles. The number of fused-ring (bicyclic) bond motifs is 1. The van der Waals surface area contributed by atoms with Gasteiger partial charge in [0.15, 0.2) is 4.77 Å². The highest BCUT2D eigenvalue weighted by atomic mass is 32.1. The van der Waals surface area contributed by atoms with E-state index in [2.05, 4.69) is 26.6 Å². The first kappa shape index (κ1) is 11.2. The topological polar surface area (TPSA) is 51.4 Å². The zero-order valence-electron chi connectivity index (χ0n) is 9.95. The molecule has 92 valence electrons. The molecule has 0 aliphatic rings. The zero-order valence-corrected chi connectivity index (χ0v) is 10.8. The van der Waals surface area contributed by atoms with Crippen LogP contribution in [0, 0.1) is 4.77 Å². The average molecular weight is 259 g/mol. The van der Waals surface area contributed by atoms with Crippen LogP contribution in [0.2, 0.25) is 0 Å². The Labute approximate surface area is 109 Å². The minimum absolute atomic E-state index is 0.230. The molecule has 0 spiro atoms. The van der Waals surface area contributed by atoms with Crippen LogP contribution in [0.15, 0.2) is 36.9 Å². The Balaban J connectivity index is 2.03. The average Bonchev–Trinajstić information content (AvgIpc) is 2.94.